The Labute approximate surface area is 137 Å². The fourth-order valence-corrected chi connectivity index (χ4v) is 3.02. The number of piperazine rings is 1. The van der Waals surface area contributed by atoms with E-state index in [9.17, 15) is 10.0 Å². The number of pyridine rings is 1. The van der Waals surface area contributed by atoms with Crippen LogP contribution in [0.15, 0.2) is 53.1 Å². The van der Waals surface area contributed by atoms with Gasteiger partial charge in [0, 0.05) is 16.1 Å². The number of halogens is 1. The molecule has 1 saturated heterocycles. The molecule has 0 spiro atoms. The summed E-state index contributed by atoms with van der Waals surface area (Å²) >= 11 is 3.39. The Kier molecular flexibility index (Phi) is 4.29. The van der Waals surface area contributed by atoms with Crippen molar-refractivity contribution >= 4 is 27.7 Å². The molecule has 6 heteroatoms. The number of aromatic nitrogens is 1. The molecule has 0 bridgehead atoms. The molecule has 1 aliphatic rings. The lowest BCUT2D eigenvalue weighted by Gasteiger charge is -2.31. The third kappa shape index (κ3) is 3.06. The van der Waals surface area contributed by atoms with Gasteiger partial charge in [0.15, 0.2) is 0 Å². The lowest BCUT2D eigenvalue weighted by Crippen LogP contribution is -2.52. The van der Waals surface area contributed by atoms with Crippen molar-refractivity contribution in [1.29, 1.82) is 0 Å². The van der Waals surface area contributed by atoms with Crippen molar-refractivity contribution in [2.45, 2.75) is 0 Å². The molecule has 0 unspecified atom stereocenters. The summed E-state index contributed by atoms with van der Waals surface area (Å²) in [6, 6.07) is 13.0. The van der Waals surface area contributed by atoms with Gasteiger partial charge < -0.3 is 10.1 Å². The van der Waals surface area contributed by atoms with Gasteiger partial charge in [0.2, 0.25) is 0 Å². The molecular weight excluding hydrogens is 346 g/mol. The summed E-state index contributed by atoms with van der Waals surface area (Å²) in [6.45, 7) is 2.68. The van der Waals surface area contributed by atoms with Crippen LogP contribution in [0, 0.1) is 0 Å². The molecule has 1 amide bonds. The quantitative estimate of drug-likeness (QED) is 0.655. The number of anilines is 1. The van der Waals surface area contributed by atoms with E-state index in [0.29, 0.717) is 31.7 Å². The largest absolute Gasteiger partial charge is 0.350 e. The maximum Gasteiger partial charge on any atom is 0.316 e. The Balaban J connectivity index is 1.67. The maximum absolute atomic E-state index is 12.5. The first-order valence-electron chi connectivity index (χ1n) is 7.15. The molecule has 1 aromatic carbocycles. The van der Waals surface area contributed by atoms with E-state index in [-0.39, 0.29) is 5.91 Å². The normalized spacial score (nSPS) is 15.0. The molecule has 3 rings (SSSR count). The molecule has 5 nitrogen and oxygen atoms in total. The number of amides is 1. The molecule has 1 fully saturated rings. The summed E-state index contributed by atoms with van der Waals surface area (Å²) < 4.78 is 2.02. The Bertz CT molecular complexity index is 685. The van der Waals surface area contributed by atoms with Crippen LogP contribution in [0.2, 0.25) is 0 Å². The van der Waals surface area contributed by atoms with Gasteiger partial charge in [-0.1, -0.05) is 32.8 Å². The topological polar surface area (TPSA) is 47.7 Å². The highest BCUT2D eigenvalue weighted by Gasteiger charge is 2.28. The average Bonchev–Trinajstić information content (AvgIpc) is 2.55. The van der Waals surface area contributed by atoms with Crippen LogP contribution < -0.4 is 9.63 Å². The molecule has 22 heavy (non-hydrogen) atoms. The van der Waals surface area contributed by atoms with Crippen molar-refractivity contribution < 1.29 is 14.7 Å². The second-order valence-electron chi connectivity index (χ2n) is 5.19. The molecule has 0 aliphatic carbocycles. The SMILES string of the molecule is O=C(c1cccc(Br)c1)N1CCN(c2cccc[n+]2O)CC1. The minimum atomic E-state index is 0.0471. The van der Waals surface area contributed by atoms with Crippen LogP contribution in [0.5, 0.6) is 0 Å². The Hall–Kier alpha value is -2.08. The van der Waals surface area contributed by atoms with Gasteiger partial charge in [0.1, 0.15) is 19.3 Å². The number of benzene rings is 1. The number of nitrogens with zero attached hydrogens (tertiary/aromatic N) is 3. The van der Waals surface area contributed by atoms with Crippen molar-refractivity contribution in [3.63, 3.8) is 0 Å². The zero-order valence-corrected chi connectivity index (χ0v) is 13.6. The number of carbonyl (C=O) groups excluding carboxylic acids is 1. The van der Waals surface area contributed by atoms with E-state index >= 15 is 0 Å². The molecule has 1 aromatic heterocycles. The van der Waals surface area contributed by atoms with E-state index in [4.69, 9.17) is 0 Å². The van der Waals surface area contributed by atoms with Crippen LogP contribution in [0.25, 0.3) is 0 Å². The molecule has 0 atom stereocenters. The van der Waals surface area contributed by atoms with E-state index in [1.807, 2.05) is 41.3 Å². The Morgan fingerprint density at radius 3 is 2.55 bits per heavy atom. The van der Waals surface area contributed by atoms with Crippen LogP contribution in [0.4, 0.5) is 5.82 Å². The van der Waals surface area contributed by atoms with Gasteiger partial charge in [-0.2, -0.15) is 0 Å². The van der Waals surface area contributed by atoms with Crippen molar-refractivity contribution in [1.82, 2.24) is 4.90 Å². The monoisotopic (exact) mass is 362 g/mol. The Morgan fingerprint density at radius 1 is 1.09 bits per heavy atom. The minimum absolute atomic E-state index is 0.0471. The fraction of sp³-hybridized carbons (Fsp3) is 0.250. The molecule has 2 aromatic rings. The summed E-state index contributed by atoms with van der Waals surface area (Å²) in [5, 5.41) is 9.84. The summed E-state index contributed by atoms with van der Waals surface area (Å²) in [7, 11) is 0. The van der Waals surface area contributed by atoms with E-state index in [1.54, 1.807) is 12.3 Å². The Morgan fingerprint density at radius 2 is 1.86 bits per heavy atom. The smallest absolute Gasteiger partial charge is 0.316 e. The van der Waals surface area contributed by atoms with Gasteiger partial charge in [-0.05, 0) is 24.3 Å². The van der Waals surface area contributed by atoms with Gasteiger partial charge in [-0.25, -0.2) is 0 Å². The highest BCUT2D eigenvalue weighted by Crippen LogP contribution is 2.16. The van der Waals surface area contributed by atoms with E-state index in [1.165, 1.54) is 0 Å². The number of rotatable bonds is 2. The lowest BCUT2D eigenvalue weighted by molar-refractivity contribution is -0.894. The molecule has 1 aliphatic heterocycles. The first kappa shape index (κ1) is 14.8. The van der Waals surface area contributed by atoms with E-state index in [2.05, 4.69) is 20.8 Å². The van der Waals surface area contributed by atoms with Gasteiger partial charge in [0.05, 0.1) is 13.1 Å². The number of hydrogen-bond acceptors (Lipinski definition) is 3. The first-order chi connectivity index (χ1) is 10.6. The standard InChI is InChI=1S/C16H17BrN3O2/c17-14-5-3-4-13(12-14)16(21)19-10-8-18(9-11-19)15-6-1-2-7-20(15)22/h1-7,12,22H,8-11H2/q+1. The highest BCUT2D eigenvalue weighted by molar-refractivity contribution is 9.10. The summed E-state index contributed by atoms with van der Waals surface area (Å²) in [5.74, 6) is 0.794. The summed E-state index contributed by atoms with van der Waals surface area (Å²) in [4.78, 5) is 16.4. The van der Waals surface area contributed by atoms with Gasteiger partial charge in [0.25, 0.3) is 5.91 Å². The predicted octanol–water partition coefficient (Wildman–Crippen LogP) is 1.94. The highest BCUT2D eigenvalue weighted by atomic mass is 79.9. The second-order valence-corrected chi connectivity index (χ2v) is 6.11. The third-order valence-electron chi connectivity index (χ3n) is 3.78. The maximum atomic E-state index is 12.5. The van der Waals surface area contributed by atoms with Gasteiger partial charge in [-0.15, -0.1) is 0 Å². The molecular formula is C16H17BrN3O2+. The molecule has 0 radical (unpaired) electrons. The summed E-state index contributed by atoms with van der Waals surface area (Å²) in [5.41, 5.74) is 0.694. The van der Waals surface area contributed by atoms with Crippen molar-refractivity contribution in [2.75, 3.05) is 31.1 Å². The molecule has 1 N–H and O–H groups in total. The predicted molar refractivity (Wildman–Crippen MR) is 86.1 cm³/mol. The van der Waals surface area contributed by atoms with Crippen LogP contribution in [-0.4, -0.2) is 42.2 Å². The van der Waals surface area contributed by atoms with E-state index < -0.39 is 0 Å². The number of hydrogen-bond donors (Lipinski definition) is 1. The van der Waals surface area contributed by atoms with Crippen LogP contribution in [-0.2, 0) is 0 Å². The minimum Gasteiger partial charge on any atom is -0.350 e. The van der Waals surface area contributed by atoms with Crippen LogP contribution in [0.1, 0.15) is 10.4 Å². The summed E-state index contributed by atoms with van der Waals surface area (Å²) in [6.07, 6.45) is 1.61. The molecule has 0 saturated carbocycles. The van der Waals surface area contributed by atoms with Crippen molar-refractivity contribution in [3.05, 3.63) is 58.7 Å². The third-order valence-corrected chi connectivity index (χ3v) is 4.27. The second kappa shape index (κ2) is 6.36. The lowest BCUT2D eigenvalue weighted by atomic mass is 10.2. The van der Waals surface area contributed by atoms with Crippen LogP contribution >= 0.6 is 15.9 Å². The van der Waals surface area contributed by atoms with Crippen LogP contribution in [0.3, 0.4) is 0 Å². The fourth-order valence-electron chi connectivity index (χ4n) is 2.62. The zero-order chi connectivity index (χ0) is 15.5. The van der Waals surface area contributed by atoms with Crippen molar-refractivity contribution in [3.8, 4) is 0 Å². The number of carbonyl (C=O) groups is 1. The average molecular weight is 363 g/mol. The zero-order valence-electron chi connectivity index (χ0n) is 12.0. The van der Waals surface area contributed by atoms with Gasteiger partial charge in [-0.3, -0.25) is 9.69 Å². The van der Waals surface area contributed by atoms with Crippen molar-refractivity contribution in [2.24, 2.45) is 0 Å². The molecule has 114 valence electrons. The first-order valence-corrected chi connectivity index (χ1v) is 7.94. The van der Waals surface area contributed by atoms with E-state index in [0.717, 1.165) is 15.0 Å². The molecule has 2 heterocycles. The van der Waals surface area contributed by atoms with Gasteiger partial charge >= 0.3 is 5.82 Å².